The van der Waals surface area contributed by atoms with Gasteiger partial charge in [0.2, 0.25) is 0 Å². The largest absolute Gasteiger partial charge is 0.261 e. The summed E-state index contributed by atoms with van der Waals surface area (Å²) >= 11 is 0. The molecule has 1 rings (SSSR count). The highest BCUT2D eigenvalue weighted by Crippen LogP contribution is 2.17. The van der Waals surface area contributed by atoms with Crippen LogP contribution in [0.15, 0.2) is 28.9 Å². The Bertz CT molecular complexity index is 322. The Morgan fingerprint density at radius 1 is 1.50 bits per heavy atom. The molecule has 0 aromatic heterocycles. The number of aliphatic imine (C=N–C) groups is 1. The van der Waals surface area contributed by atoms with Gasteiger partial charge in [0.15, 0.2) is 0 Å². The average molecular weight is 157 g/mol. The normalized spacial score (nSPS) is 14.2. The second kappa shape index (κ2) is 3.50. The van der Waals surface area contributed by atoms with Gasteiger partial charge in [0, 0.05) is 18.3 Å². The van der Waals surface area contributed by atoms with Crippen LogP contribution in [0.3, 0.4) is 0 Å². The second-order valence-corrected chi connectivity index (χ2v) is 2.48. The predicted molar refractivity (Wildman–Crippen MR) is 45.0 cm³/mol. The molecule has 1 aliphatic heterocycles. The highest BCUT2D eigenvalue weighted by molar-refractivity contribution is 5.85. The summed E-state index contributed by atoms with van der Waals surface area (Å²) in [5, 5.41) is 17.0. The van der Waals surface area contributed by atoms with Crippen molar-refractivity contribution in [1.29, 1.82) is 10.5 Å². The average Bonchev–Trinajstić information content (AvgIpc) is 2.47. The Morgan fingerprint density at radius 2 is 2.17 bits per heavy atom. The van der Waals surface area contributed by atoms with Crippen LogP contribution < -0.4 is 0 Å². The van der Waals surface area contributed by atoms with Gasteiger partial charge in [0.1, 0.15) is 5.92 Å². The first-order valence-corrected chi connectivity index (χ1v) is 3.49. The Kier molecular flexibility index (Phi) is 2.40. The summed E-state index contributed by atoms with van der Waals surface area (Å²) in [5.74, 6) is -0.598. The zero-order valence-corrected chi connectivity index (χ0v) is 6.49. The maximum absolute atomic E-state index is 8.48. The van der Waals surface area contributed by atoms with Crippen molar-refractivity contribution in [3.8, 4) is 12.1 Å². The molecule has 0 radical (unpaired) electrons. The number of rotatable bonds is 2. The number of hydrogen-bond donors (Lipinski definition) is 0. The van der Waals surface area contributed by atoms with Gasteiger partial charge in [0.25, 0.3) is 0 Å². The summed E-state index contributed by atoms with van der Waals surface area (Å²) in [6.07, 6.45) is 3.80. The molecule has 3 nitrogen and oxygen atoms in total. The topological polar surface area (TPSA) is 59.9 Å². The summed E-state index contributed by atoms with van der Waals surface area (Å²) in [4.78, 5) is 3.99. The summed E-state index contributed by atoms with van der Waals surface area (Å²) in [7, 11) is 0. The lowest BCUT2D eigenvalue weighted by molar-refractivity contribution is 0.817. The van der Waals surface area contributed by atoms with Gasteiger partial charge in [-0.3, -0.25) is 4.99 Å². The quantitative estimate of drug-likeness (QED) is 0.610. The van der Waals surface area contributed by atoms with Gasteiger partial charge >= 0.3 is 0 Å². The Morgan fingerprint density at radius 3 is 2.58 bits per heavy atom. The van der Waals surface area contributed by atoms with E-state index in [4.69, 9.17) is 10.5 Å². The van der Waals surface area contributed by atoms with Crippen LogP contribution in [0.5, 0.6) is 0 Å². The van der Waals surface area contributed by atoms with Crippen LogP contribution in [0.4, 0.5) is 0 Å². The molecule has 0 spiro atoms. The van der Waals surface area contributed by atoms with Gasteiger partial charge in [0.05, 0.1) is 12.1 Å². The lowest BCUT2D eigenvalue weighted by atomic mass is 10.1. The highest BCUT2D eigenvalue weighted by Gasteiger charge is 2.10. The van der Waals surface area contributed by atoms with E-state index in [2.05, 4.69) is 11.6 Å². The van der Waals surface area contributed by atoms with E-state index in [1.165, 1.54) is 0 Å². The van der Waals surface area contributed by atoms with Crippen molar-refractivity contribution in [1.82, 2.24) is 0 Å². The molecule has 0 bridgehead atoms. The molecule has 12 heavy (non-hydrogen) atoms. The van der Waals surface area contributed by atoms with E-state index in [1.807, 2.05) is 12.1 Å². The second-order valence-electron chi connectivity index (χ2n) is 2.48. The van der Waals surface area contributed by atoms with Gasteiger partial charge in [-0.05, 0) is 11.6 Å². The highest BCUT2D eigenvalue weighted by atomic mass is 14.8. The van der Waals surface area contributed by atoms with Crippen molar-refractivity contribution in [2.75, 3.05) is 0 Å². The molecule has 1 aliphatic rings. The molecule has 58 valence electrons. The lowest BCUT2D eigenvalue weighted by Gasteiger charge is -1.95. The molecular weight excluding hydrogens is 150 g/mol. The van der Waals surface area contributed by atoms with Crippen LogP contribution in [0, 0.1) is 28.6 Å². The Labute approximate surface area is 71.0 Å². The number of nitrogens with zero attached hydrogens (tertiary/aromatic N) is 3. The Balaban J connectivity index is 2.61. The smallest absolute Gasteiger partial charge is 0.138 e. The minimum Gasteiger partial charge on any atom is -0.261 e. The number of hydrogen-bond acceptors (Lipinski definition) is 3. The van der Waals surface area contributed by atoms with E-state index >= 15 is 0 Å². The van der Waals surface area contributed by atoms with E-state index in [0.717, 1.165) is 11.3 Å². The van der Waals surface area contributed by atoms with Gasteiger partial charge < -0.3 is 0 Å². The molecule has 0 aliphatic carbocycles. The summed E-state index contributed by atoms with van der Waals surface area (Å²) in [6.45, 7) is 3.67. The van der Waals surface area contributed by atoms with E-state index in [9.17, 15) is 0 Å². The van der Waals surface area contributed by atoms with Crippen molar-refractivity contribution in [3.63, 3.8) is 0 Å². The fourth-order valence-corrected chi connectivity index (χ4v) is 0.895. The third kappa shape index (κ3) is 1.81. The van der Waals surface area contributed by atoms with Crippen LogP contribution in [-0.4, -0.2) is 6.21 Å². The molecule has 0 N–H and O–H groups in total. The van der Waals surface area contributed by atoms with Crippen LogP contribution in [0.2, 0.25) is 0 Å². The van der Waals surface area contributed by atoms with E-state index in [-0.39, 0.29) is 0 Å². The first kappa shape index (κ1) is 8.23. The minimum absolute atomic E-state index is 0.391. The van der Waals surface area contributed by atoms with Crippen LogP contribution in [0.1, 0.15) is 6.42 Å². The molecule has 0 amide bonds. The standard InChI is InChI=1S/C9H7N3/c1-7-2-9(12-6-7)3-8(4-10)5-11/h2,6,8H,1,3H2. The van der Waals surface area contributed by atoms with E-state index < -0.39 is 5.92 Å². The first-order valence-electron chi connectivity index (χ1n) is 3.49. The molecule has 3 heteroatoms. The van der Waals surface area contributed by atoms with Gasteiger partial charge in [-0.15, -0.1) is 0 Å². The SMILES string of the molecule is C=C1C=NC(CC(C#N)C#N)=C1. The zero-order chi connectivity index (χ0) is 8.97. The van der Waals surface area contributed by atoms with Crippen molar-refractivity contribution >= 4 is 6.21 Å². The summed E-state index contributed by atoms with van der Waals surface area (Å²) < 4.78 is 0. The molecule has 0 unspecified atom stereocenters. The third-order valence-corrected chi connectivity index (χ3v) is 1.47. The molecule has 0 aromatic carbocycles. The van der Waals surface area contributed by atoms with Crippen molar-refractivity contribution in [2.45, 2.75) is 6.42 Å². The fraction of sp³-hybridized carbons (Fsp3) is 0.222. The van der Waals surface area contributed by atoms with Crippen molar-refractivity contribution in [3.05, 3.63) is 23.9 Å². The third-order valence-electron chi connectivity index (χ3n) is 1.47. The molecular formula is C9H7N3. The van der Waals surface area contributed by atoms with Crippen LogP contribution >= 0.6 is 0 Å². The maximum atomic E-state index is 8.48. The minimum atomic E-state index is -0.598. The lowest BCUT2D eigenvalue weighted by Crippen LogP contribution is -1.92. The van der Waals surface area contributed by atoms with E-state index in [1.54, 1.807) is 12.3 Å². The molecule has 1 heterocycles. The van der Waals surface area contributed by atoms with Gasteiger partial charge in [-0.25, -0.2) is 0 Å². The summed E-state index contributed by atoms with van der Waals surface area (Å²) in [5.41, 5.74) is 1.58. The number of nitriles is 2. The molecule has 0 fully saturated rings. The maximum Gasteiger partial charge on any atom is 0.138 e. The Hall–Kier alpha value is -1.87. The predicted octanol–water partition coefficient (Wildman–Crippen LogP) is 1.56. The van der Waals surface area contributed by atoms with Crippen LogP contribution in [0.25, 0.3) is 0 Å². The van der Waals surface area contributed by atoms with E-state index in [0.29, 0.717) is 6.42 Å². The molecule has 0 saturated carbocycles. The van der Waals surface area contributed by atoms with Crippen molar-refractivity contribution < 1.29 is 0 Å². The zero-order valence-electron chi connectivity index (χ0n) is 6.49. The van der Waals surface area contributed by atoms with Crippen molar-refractivity contribution in [2.24, 2.45) is 10.9 Å². The van der Waals surface area contributed by atoms with Crippen LogP contribution in [-0.2, 0) is 0 Å². The number of allylic oxidation sites excluding steroid dienone is 3. The fourth-order valence-electron chi connectivity index (χ4n) is 0.895. The first-order chi connectivity index (χ1) is 5.76. The van der Waals surface area contributed by atoms with Gasteiger partial charge in [-0.2, -0.15) is 10.5 Å². The molecule has 0 aromatic rings. The molecule has 0 atom stereocenters. The monoisotopic (exact) mass is 157 g/mol. The molecule has 0 saturated heterocycles. The summed E-state index contributed by atoms with van der Waals surface area (Å²) in [6, 6.07) is 3.78. The van der Waals surface area contributed by atoms with Gasteiger partial charge in [-0.1, -0.05) is 6.58 Å².